The van der Waals surface area contributed by atoms with Crippen molar-refractivity contribution in [2.75, 3.05) is 6.61 Å². The lowest BCUT2D eigenvalue weighted by Crippen LogP contribution is -2.31. The minimum atomic E-state index is -0.243. The van der Waals surface area contributed by atoms with Gasteiger partial charge in [-0.25, -0.2) is 0 Å². The summed E-state index contributed by atoms with van der Waals surface area (Å²) in [6.45, 7) is 8.73. The van der Waals surface area contributed by atoms with Crippen molar-refractivity contribution in [2.45, 2.75) is 98.3 Å². The Morgan fingerprint density at radius 3 is 1.87 bits per heavy atom. The van der Waals surface area contributed by atoms with Crippen LogP contribution in [0.1, 0.15) is 98.3 Å². The standard InChI is InChI=1S/C20H38O3/c1-5-9-10-11-12-13-16-23-20(22)18(15-7-3)17(14-6-2)19(21)8-4/h17-18H,5-16H2,1-4H3. The van der Waals surface area contributed by atoms with Gasteiger partial charge in [-0.15, -0.1) is 0 Å². The second-order valence-corrected chi connectivity index (χ2v) is 6.55. The van der Waals surface area contributed by atoms with Gasteiger partial charge in [0.2, 0.25) is 0 Å². The number of hydrogen-bond donors (Lipinski definition) is 0. The van der Waals surface area contributed by atoms with E-state index in [-0.39, 0.29) is 23.6 Å². The summed E-state index contributed by atoms with van der Waals surface area (Å²) in [6, 6.07) is 0. The van der Waals surface area contributed by atoms with Crippen LogP contribution in [0.5, 0.6) is 0 Å². The maximum absolute atomic E-state index is 12.4. The molecule has 0 rings (SSSR count). The van der Waals surface area contributed by atoms with Gasteiger partial charge in [0.1, 0.15) is 5.78 Å². The quantitative estimate of drug-likeness (QED) is 0.286. The largest absolute Gasteiger partial charge is 0.465 e. The Balaban J connectivity index is 4.34. The second kappa shape index (κ2) is 14.7. The van der Waals surface area contributed by atoms with E-state index in [9.17, 15) is 9.59 Å². The first-order valence-corrected chi connectivity index (χ1v) is 9.81. The molecule has 0 radical (unpaired) electrons. The van der Waals surface area contributed by atoms with Crippen LogP contribution in [0.25, 0.3) is 0 Å². The van der Waals surface area contributed by atoms with Crippen molar-refractivity contribution in [3.8, 4) is 0 Å². The van der Waals surface area contributed by atoms with Gasteiger partial charge in [-0.05, 0) is 19.3 Å². The van der Waals surface area contributed by atoms with Crippen LogP contribution in [0.3, 0.4) is 0 Å². The molecule has 0 aliphatic carbocycles. The molecule has 0 aliphatic rings. The van der Waals surface area contributed by atoms with Crippen LogP contribution in [-0.2, 0) is 14.3 Å². The average molecular weight is 327 g/mol. The smallest absolute Gasteiger partial charge is 0.309 e. The molecular formula is C20H38O3. The Bertz CT molecular complexity index is 312. The highest BCUT2D eigenvalue weighted by atomic mass is 16.5. The fourth-order valence-electron chi connectivity index (χ4n) is 3.12. The monoisotopic (exact) mass is 326 g/mol. The van der Waals surface area contributed by atoms with Gasteiger partial charge in [0.05, 0.1) is 12.5 Å². The third-order valence-electron chi connectivity index (χ3n) is 4.49. The lowest BCUT2D eigenvalue weighted by molar-refractivity contribution is -0.153. The highest BCUT2D eigenvalue weighted by Gasteiger charge is 2.32. The average Bonchev–Trinajstić information content (AvgIpc) is 2.56. The van der Waals surface area contributed by atoms with E-state index in [1.54, 1.807) is 0 Å². The molecule has 0 aromatic heterocycles. The van der Waals surface area contributed by atoms with Crippen LogP contribution in [-0.4, -0.2) is 18.4 Å². The van der Waals surface area contributed by atoms with Gasteiger partial charge in [0.25, 0.3) is 0 Å². The summed E-state index contributed by atoms with van der Waals surface area (Å²) >= 11 is 0. The van der Waals surface area contributed by atoms with E-state index >= 15 is 0 Å². The summed E-state index contributed by atoms with van der Waals surface area (Å²) < 4.78 is 5.49. The van der Waals surface area contributed by atoms with Crippen molar-refractivity contribution in [1.82, 2.24) is 0 Å². The predicted octanol–water partition coefficient (Wildman–Crippen LogP) is 5.70. The van der Waals surface area contributed by atoms with Crippen LogP contribution in [0, 0.1) is 11.8 Å². The molecule has 0 fully saturated rings. The lowest BCUT2D eigenvalue weighted by Gasteiger charge is -2.24. The number of unbranched alkanes of at least 4 members (excludes halogenated alkanes) is 5. The second-order valence-electron chi connectivity index (χ2n) is 6.55. The Labute approximate surface area is 143 Å². The van der Waals surface area contributed by atoms with Gasteiger partial charge in [-0.1, -0.05) is 72.6 Å². The number of ketones is 1. The van der Waals surface area contributed by atoms with E-state index in [0.717, 1.165) is 38.5 Å². The van der Waals surface area contributed by atoms with Crippen LogP contribution in [0.4, 0.5) is 0 Å². The number of ether oxygens (including phenoxy) is 1. The number of hydrogen-bond acceptors (Lipinski definition) is 3. The molecule has 136 valence electrons. The van der Waals surface area contributed by atoms with Gasteiger partial charge >= 0.3 is 5.97 Å². The number of esters is 1. The minimum Gasteiger partial charge on any atom is -0.465 e. The molecule has 2 atom stereocenters. The zero-order valence-electron chi connectivity index (χ0n) is 15.9. The molecule has 0 saturated carbocycles. The maximum Gasteiger partial charge on any atom is 0.309 e. The molecule has 2 unspecified atom stereocenters. The molecule has 0 aliphatic heterocycles. The Kier molecular flexibility index (Phi) is 14.2. The van der Waals surface area contributed by atoms with Crippen molar-refractivity contribution in [3.05, 3.63) is 0 Å². The minimum absolute atomic E-state index is 0.151. The molecule has 0 spiro atoms. The summed E-state index contributed by atoms with van der Waals surface area (Å²) in [5.41, 5.74) is 0. The van der Waals surface area contributed by atoms with Crippen LogP contribution < -0.4 is 0 Å². The molecule has 3 nitrogen and oxygen atoms in total. The van der Waals surface area contributed by atoms with Gasteiger partial charge in [-0.2, -0.15) is 0 Å². The zero-order chi connectivity index (χ0) is 17.5. The van der Waals surface area contributed by atoms with Crippen molar-refractivity contribution < 1.29 is 14.3 Å². The first kappa shape index (κ1) is 22.1. The number of rotatable bonds is 15. The van der Waals surface area contributed by atoms with E-state index in [1.165, 1.54) is 25.7 Å². The van der Waals surface area contributed by atoms with E-state index in [0.29, 0.717) is 13.0 Å². The third kappa shape index (κ3) is 9.78. The third-order valence-corrected chi connectivity index (χ3v) is 4.49. The first-order valence-electron chi connectivity index (χ1n) is 9.81. The van der Waals surface area contributed by atoms with Crippen molar-refractivity contribution in [1.29, 1.82) is 0 Å². The summed E-state index contributed by atoms with van der Waals surface area (Å²) in [4.78, 5) is 24.6. The molecule has 0 aromatic rings. The molecule has 3 heteroatoms. The van der Waals surface area contributed by atoms with E-state index in [1.807, 2.05) is 6.92 Å². The normalized spacial score (nSPS) is 13.6. The highest BCUT2D eigenvalue weighted by Crippen LogP contribution is 2.26. The van der Waals surface area contributed by atoms with Gasteiger partial charge in [0.15, 0.2) is 0 Å². The van der Waals surface area contributed by atoms with Gasteiger partial charge in [0, 0.05) is 12.3 Å². The molecule has 0 bridgehead atoms. The van der Waals surface area contributed by atoms with E-state index in [4.69, 9.17) is 4.74 Å². The zero-order valence-corrected chi connectivity index (χ0v) is 15.9. The summed E-state index contributed by atoms with van der Waals surface area (Å²) in [6.07, 6.45) is 11.0. The van der Waals surface area contributed by atoms with E-state index < -0.39 is 0 Å². The van der Waals surface area contributed by atoms with Crippen molar-refractivity contribution in [3.63, 3.8) is 0 Å². The van der Waals surface area contributed by atoms with Crippen molar-refractivity contribution >= 4 is 11.8 Å². The molecular weight excluding hydrogens is 288 g/mol. The molecule has 0 saturated heterocycles. The molecule has 0 aromatic carbocycles. The number of carbonyl (C=O) groups excluding carboxylic acids is 2. The predicted molar refractivity (Wildman–Crippen MR) is 96.4 cm³/mol. The van der Waals surface area contributed by atoms with E-state index in [2.05, 4.69) is 20.8 Å². The lowest BCUT2D eigenvalue weighted by atomic mass is 9.81. The summed E-state index contributed by atoms with van der Waals surface area (Å²) in [5, 5.41) is 0. The maximum atomic E-state index is 12.4. The SMILES string of the molecule is CCCCCCCCOC(=O)C(CCC)C(CCC)C(=O)CC. The first-order chi connectivity index (χ1) is 11.1. The molecule has 0 heterocycles. The van der Waals surface area contributed by atoms with Crippen LogP contribution >= 0.6 is 0 Å². The summed E-state index contributed by atoms with van der Waals surface area (Å²) in [7, 11) is 0. The number of Topliss-reactive ketones (excluding diaryl/α,β-unsaturated/α-hetero) is 1. The topological polar surface area (TPSA) is 43.4 Å². The molecule has 23 heavy (non-hydrogen) atoms. The Morgan fingerprint density at radius 2 is 1.30 bits per heavy atom. The molecule has 0 amide bonds. The highest BCUT2D eigenvalue weighted by molar-refractivity contribution is 5.86. The summed E-state index contributed by atoms with van der Waals surface area (Å²) in [5.74, 6) is -0.336. The van der Waals surface area contributed by atoms with Crippen LogP contribution in [0.2, 0.25) is 0 Å². The Hall–Kier alpha value is -0.860. The fraction of sp³-hybridized carbons (Fsp3) is 0.900. The molecule has 0 N–H and O–H groups in total. The fourth-order valence-corrected chi connectivity index (χ4v) is 3.12. The Morgan fingerprint density at radius 1 is 0.739 bits per heavy atom. The van der Waals surface area contributed by atoms with Gasteiger partial charge < -0.3 is 4.74 Å². The van der Waals surface area contributed by atoms with Crippen LogP contribution in [0.15, 0.2) is 0 Å². The van der Waals surface area contributed by atoms with Crippen molar-refractivity contribution in [2.24, 2.45) is 11.8 Å². The van der Waals surface area contributed by atoms with Gasteiger partial charge in [-0.3, -0.25) is 9.59 Å². The number of carbonyl (C=O) groups is 2.